The third kappa shape index (κ3) is 2.55. The summed E-state index contributed by atoms with van der Waals surface area (Å²) in [6.45, 7) is 2.78. The minimum absolute atomic E-state index is 0.233. The van der Waals surface area contributed by atoms with E-state index in [-0.39, 0.29) is 11.8 Å². The third-order valence-electron chi connectivity index (χ3n) is 4.35. The molecule has 1 aromatic carbocycles. The van der Waals surface area contributed by atoms with Gasteiger partial charge in [-0.15, -0.1) is 0 Å². The molecule has 3 heterocycles. The first-order valence-corrected chi connectivity index (χ1v) is 8.24. The van der Waals surface area contributed by atoms with Crippen LogP contribution in [0.3, 0.4) is 0 Å². The Kier molecular flexibility index (Phi) is 3.72. The van der Waals surface area contributed by atoms with E-state index >= 15 is 0 Å². The normalized spacial score (nSPS) is 13.6. The number of benzene rings is 1. The number of nitrogens with zero attached hydrogens (tertiary/aromatic N) is 2. The van der Waals surface area contributed by atoms with Crippen LogP contribution in [-0.4, -0.2) is 39.8 Å². The molecule has 3 aromatic rings. The summed E-state index contributed by atoms with van der Waals surface area (Å²) in [7, 11) is 0. The second-order valence-electron chi connectivity index (χ2n) is 5.85. The highest BCUT2D eigenvalue weighted by Gasteiger charge is 2.34. The van der Waals surface area contributed by atoms with Crippen molar-refractivity contribution in [2.24, 2.45) is 0 Å². The fourth-order valence-corrected chi connectivity index (χ4v) is 3.13. The van der Waals surface area contributed by atoms with Crippen molar-refractivity contribution in [1.82, 2.24) is 14.9 Å². The highest BCUT2D eigenvalue weighted by Crippen LogP contribution is 2.24. The first-order chi connectivity index (χ1) is 12.2. The lowest BCUT2D eigenvalue weighted by Crippen LogP contribution is -2.31. The lowest BCUT2D eigenvalue weighted by atomic mass is 10.1. The number of aromatic amines is 1. The molecule has 0 spiro atoms. The maximum atomic E-state index is 12.4. The summed E-state index contributed by atoms with van der Waals surface area (Å²) in [6, 6.07) is 10.7. The van der Waals surface area contributed by atoms with Crippen LogP contribution in [0.15, 0.2) is 42.6 Å². The summed E-state index contributed by atoms with van der Waals surface area (Å²) in [5.74, 6) is 0.100. The predicted molar refractivity (Wildman–Crippen MR) is 92.8 cm³/mol. The zero-order chi connectivity index (χ0) is 17.4. The molecule has 0 aliphatic carbocycles. The first-order valence-electron chi connectivity index (χ1n) is 8.24. The standard InChI is InChI=1S/C19H17N3O3/c1-2-25-16-8-7-15-17(21-16)12(11-20-15)9-10-22-18(23)13-5-3-4-6-14(13)19(22)24/h3-8,11,20H,2,9-10H2,1H3. The van der Waals surface area contributed by atoms with Crippen molar-refractivity contribution < 1.29 is 14.3 Å². The number of pyridine rings is 1. The fourth-order valence-electron chi connectivity index (χ4n) is 3.13. The largest absolute Gasteiger partial charge is 0.478 e. The number of aromatic nitrogens is 2. The average Bonchev–Trinajstić information content (AvgIpc) is 3.14. The van der Waals surface area contributed by atoms with Gasteiger partial charge in [0.05, 0.1) is 28.8 Å². The number of carbonyl (C=O) groups is 2. The van der Waals surface area contributed by atoms with E-state index in [0.717, 1.165) is 16.6 Å². The van der Waals surface area contributed by atoms with Crippen LogP contribution in [0.25, 0.3) is 11.0 Å². The molecule has 0 radical (unpaired) electrons. The van der Waals surface area contributed by atoms with Gasteiger partial charge in [0.1, 0.15) is 0 Å². The molecule has 0 fully saturated rings. The Morgan fingerprint density at radius 2 is 1.80 bits per heavy atom. The van der Waals surface area contributed by atoms with E-state index in [2.05, 4.69) is 9.97 Å². The van der Waals surface area contributed by atoms with Crippen LogP contribution in [0.5, 0.6) is 5.88 Å². The number of amides is 2. The topological polar surface area (TPSA) is 75.3 Å². The Morgan fingerprint density at radius 3 is 2.48 bits per heavy atom. The molecule has 1 aliphatic rings. The second kappa shape index (κ2) is 6.05. The van der Waals surface area contributed by atoms with Gasteiger partial charge in [0.2, 0.25) is 5.88 Å². The third-order valence-corrected chi connectivity index (χ3v) is 4.35. The molecular weight excluding hydrogens is 318 g/mol. The van der Waals surface area contributed by atoms with Crippen molar-refractivity contribution in [3.05, 3.63) is 59.3 Å². The molecule has 4 rings (SSSR count). The number of rotatable bonds is 5. The van der Waals surface area contributed by atoms with E-state index in [1.54, 1.807) is 24.3 Å². The molecule has 0 saturated carbocycles. The Balaban J connectivity index is 1.56. The highest BCUT2D eigenvalue weighted by molar-refractivity contribution is 6.21. The Morgan fingerprint density at radius 1 is 1.08 bits per heavy atom. The number of imide groups is 1. The minimum atomic E-state index is -0.233. The van der Waals surface area contributed by atoms with Crippen molar-refractivity contribution in [2.45, 2.75) is 13.3 Å². The number of nitrogens with one attached hydrogen (secondary N) is 1. The van der Waals surface area contributed by atoms with Gasteiger partial charge in [-0.05, 0) is 37.1 Å². The second-order valence-corrected chi connectivity index (χ2v) is 5.85. The molecule has 0 saturated heterocycles. The summed E-state index contributed by atoms with van der Waals surface area (Å²) in [5, 5.41) is 0. The summed E-state index contributed by atoms with van der Waals surface area (Å²) >= 11 is 0. The van der Waals surface area contributed by atoms with Gasteiger partial charge in [0, 0.05) is 18.8 Å². The van der Waals surface area contributed by atoms with Crippen LogP contribution < -0.4 is 4.74 Å². The zero-order valence-electron chi connectivity index (χ0n) is 13.8. The Labute approximate surface area is 144 Å². The number of H-pyrrole nitrogens is 1. The van der Waals surface area contributed by atoms with Gasteiger partial charge >= 0.3 is 0 Å². The molecule has 1 aliphatic heterocycles. The summed E-state index contributed by atoms with van der Waals surface area (Å²) in [4.78, 5) is 33.8. The molecule has 0 bridgehead atoms. The maximum Gasteiger partial charge on any atom is 0.261 e. The predicted octanol–water partition coefficient (Wildman–Crippen LogP) is 2.80. The number of hydrogen-bond donors (Lipinski definition) is 1. The van der Waals surface area contributed by atoms with E-state index in [1.807, 2.05) is 25.3 Å². The van der Waals surface area contributed by atoms with Gasteiger partial charge in [-0.3, -0.25) is 14.5 Å². The van der Waals surface area contributed by atoms with Crippen LogP contribution in [0, 0.1) is 0 Å². The molecule has 126 valence electrons. The van der Waals surface area contributed by atoms with E-state index in [0.29, 0.717) is 36.6 Å². The lowest BCUT2D eigenvalue weighted by molar-refractivity contribution is 0.0656. The molecule has 2 aromatic heterocycles. The molecule has 2 amide bonds. The molecular formula is C19H17N3O3. The number of carbonyl (C=O) groups excluding carboxylic acids is 2. The Bertz CT molecular complexity index is 942. The minimum Gasteiger partial charge on any atom is -0.478 e. The molecule has 6 heteroatoms. The van der Waals surface area contributed by atoms with E-state index in [1.165, 1.54) is 4.90 Å². The highest BCUT2D eigenvalue weighted by atomic mass is 16.5. The molecule has 1 N–H and O–H groups in total. The van der Waals surface area contributed by atoms with Gasteiger partial charge < -0.3 is 9.72 Å². The number of ether oxygens (including phenoxy) is 1. The average molecular weight is 335 g/mol. The molecule has 0 unspecified atom stereocenters. The van der Waals surface area contributed by atoms with Crippen molar-refractivity contribution >= 4 is 22.8 Å². The van der Waals surface area contributed by atoms with E-state index in [9.17, 15) is 9.59 Å². The van der Waals surface area contributed by atoms with Crippen molar-refractivity contribution in [3.8, 4) is 5.88 Å². The van der Waals surface area contributed by atoms with Crippen molar-refractivity contribution in [1.29, 1.82) is 0 Å². The lowest BCUT2D eigenvalue weighted by Gasteiger charge is -2.13. The summed E-state index contributed by atoms with van der Waals surface area (Å²) in [6.07, 6.45) is 2.40. The van der Waals surface area contributed by atoms with Gasteiger partial charge in [0.15, 0.2) is 0 Å². The zero-order valence-corrected chi connectivity index (χ0v) is 13.8. The monoisotopic (exact) mass is 335 g/mol. The van der Waals surface area contributed by atoms with Crippen LogP contribution in [0.1, 0.15) is 33.2 Å². The Hall–Kier alpha value is -3.15. The molecule has 0 atom stereocenters. The van der Waals surface area contributed by atoms with Crippen molar-refractivity contribution in [3.63, 3.8) is 0 Å². The molecule has 6 nitrogen and oxygen atoms in total. The number of fused-ring (bicyclic) bond motifs is 2. The smallest absolute Gasteiger partial charge is 0.261 e. The maximum absolute atomic E-state index is 12.4. The van der Waals surface area contributed by atoms with Crippen molar-refractivity contribution in [2.75, 3.05) is 13.2 Å². The van der Waals surface area contributed by atoms with Crippen LogP contribution >= 0.6 is 0 Å². The van der Waals surface area contributed by atoms with Crippen LogP contribution in [-0.2, 0) is 6.42 Å². The van der Waals surface area contributed by atoms with Crippen LogP contribution in [0.4, 0.5) is 0 Å². The van der Waals surface area contributed by atoms with Gasteiger partial charge in [0.25, 0.3) is 11.8 Å². The SMILES string of the molecule is CCOc1ccc2[nH]cc(CCN3C(=O)c4ccccc4C3=O)c2n1. The van der Waals surface area contributed by atoms with E-state index < -0.39 is 0 Å². The quantitative estimate of drug-likeness (QED) is 0.728. The van der Waals surface area contributed by atoms with E-state index in [4.69, 9.17) is 4.74 Å². The van der Waals surface area contributed by atoms with Gasteiger partial charge in [-0.25, -0.2) is 4.98 Å². The number of hydrogen-bond acceptors (Lipinski definition) is 4. The fraction of sp³-hybridized carbons (Fsp3) is 0.211. The summed E-state index contributed by atoms with van der Waals surface area (Å²) < 4.78 is 5.45. The van der Waals surface area contributed by atoms with Gasteiger partial charge in [-0.1, -0.05) is 12.1 Å². The first kappa shape index (κ1) is 15.4. The molecule has 25 heavy (non-hydrogen) atoms. The van der Waals surface area contributed by atoms with Crippen LogP contribution in [0.2, 0.25) is 0 Å². The van der Waals surface area contributed by atoms with Gasteiger partial charge in [-0.2, -0.15) is 0 Å². The summed E-state index contributed by atoms with van der Waals surface area (Å²) in [5.41, 5.74) is 3.61.